The zero-order valence-corrected chi connectivity index (χ0v) is 17.9. The van der Waals surface area contributed by atoms with Crippen molar-refractivity contribution in [2.75, 3.05) is 31.1 Å². The smallest absolute Gasteiger partial charge is 0.293 e. The van der Waals surface area contributed by atoms with Crippen LogP contribution in [0.2, 0.25) is 5.02 Å². The van der Waals surface area contributed by atoms with Gasteiger partial charge in [-0.1, -0.05) is 54.1 Å². The standard InChI is InChI=1S/C24H20ClN3O4/c25-20-9-5-4-8-19(20)24(30)27-14-12-26(13-15-27)21-11-10-18(16-22(21)28(31)32)23(29)17-6-2-1-3-7-17/h1-11,16H,12-15H2. The predicted octanol–water partition coefficient (Wildman–Crippen LogP) is 4.44. The first-order valence-corrected chi connectivity index (χ1v) is 10.5. The maximum absolute atomic E-state index is 12.8. The number of nitro groups is 1. The molecule has 0 unspecified atom stereocenters. The lowest BCUT2D eigenvalue weighted by atomic mass is 10.0. The van der Waals surface area contributed by atoms with Crippen LogP contribution in [0.5, 0.6) is 0 Å². The third-order valence-electron chi connectivity index (χ3n) is 5.48. The van der Waals surface area contributed by atoms with Crippen LogP contribution >= 0.6 is 11.6 Å². The number of ketones is 1. The molecule has 7 nitrogen and oxygen atoms in total. The van der Waals surface area contributed by atoms with E-state index in [-0.39, 0.29) is 22.9 Å². The molecule has 8 heteroatoms. The first-order chi connectivity index (χ1) is 15.5. The molecule has 0 bridgehead atoms. The van der Waals surface area contributed by atoms with Crippen molar-refractivity contribution in [1.29, 1.82) is 0 Å². The van der Waals surface area contributed by atoms with Crippen molar-refractivity contribution in [3.05, 3.63) is 105 Å². The largest absolute Gasteiger partial charge is 0.362 e. The Bertz CT molecular complexity index is 1170. The summed E-state index contributed by atoms with van der Waals surface area (Å²) in [4.78, 5) is 40.3. The van der Waals surface area contributed by atoms with Gasteiger partial charge in [-0.2, -0.15) is 0 Å². The summed E-state index contributed by atoms with van der Waals surface area (Å²) < 4.78 is 0. The number of hydrogen-bond acceptors (Lipinski definition) is 5. The summed E-state index contributed by atoms with van der Waals surface area (Å²) in [5, 5.41) is 12.2. The van der Waals surface area contributed by atoms with Crippen LogP contribution in [0.4, 0.5) is 11.4 Å². The quantitative estimate of drug-likeness (QED) is 0.326. The molecule has 0 saturated carbocycles. The Labute approximate surface area is 190 Å². The Morgan fingerprint density at radius 1 is 0.844 bits per heavy atom. The van der Waals surface area contributed by atoms with E-state index in [4.69, 9.17) is 11.6 Å². The van der Waals surface area contributed by atoms with Gasteiger partial charge in [-0.25, -0.2) is 0 Å². The fraction of sp³-hybridized carbons (Fsp3) is 0.167. The second-order valence-electron chi connectivity index (χ2n) is 7.41. The molecule has 1 heterocycles. The van der Waals surface area contributed by atoms with Crippen LogP contribution < -0.4 is 4.90 Å². The van der Waals surface area contributed by atoms with Gasteiger partial charge in [0.2, 0.25) is 0 Å². The zero-order chi connectivity index (χ0) is 22.7. The van der Waals surface area contributed by atoms with E-state index in [1.165, 1.54) is 6.07 Å². The van der Waals surface area contributed by atoms with Crippen LogP contribution in [-0.4, -0.2) is 47.7 Å². The molecule has 0 aromatic heterocycles. The molecule has 0 spiro atoms. The van der Waals surface area contributed by atoms with E-state index in [1.54, 1.807) is 71.6 Å². The lowest BCUT2D eigenvalue weighted by Gasteiger charge is -2.36. The third-order valence-corrected chi connectivity index (χ3v) is 5.81. The van der Waals surface area contributed by atoms with Crippen LogP contribution in [0.15, 0.2) is 72.8 Å². The molecule has 0 radical (unpaired) electrons. The summed E-state index contributed by atoms with van der Waals surface area (Å²) in [7, 11) is 0. The zero-order valence-electron chi connectivity index (χ0n) is 17.1. The van der Waals surface area contributed by atoms with Crippen molar-refractivity contribution in [2.45, 2.75) is 0 Å². The Kier molecular flexibility index (Phi) is 6.18. The Balaban J connectivity index is 1.52. The van der Waals surface area contributed by atoms with Gasteiger partial charge in [-0.15, -0.1) is 0 Å². The summed E-state index contributed by atoms with van der Waals surface area (Å²) in [5.41, 5.74) is 1.49. The summed E-state index contributed by atoms with van der Waals surface area (Å²) in [6, 6.07) is 20.1. The normalized spacial score (nSPS) is 13.7. The predicted molar refractivity (Wildman–Crippen MR) is 123 cm³/mol. The molecule has 1 aliphatic heterocycles. The SMILES string of the molecule is O=C(c1ccccc1)c1ccc(N2CCN(C(=O)c3ccccc3Cl)CC2)c([N+](=O)[O-])c1. The molecule has 32 heavy (non-hydrogen) atoms. The lowest BCUT2D eigenvalue weighted by molar-refractivity contribution is -0.384. The number of benzene rings is 3. The van der Waals surface area contributed by atoms with Crippen LogP contribution in [0.25, 0.3) is 0 Å². The number of halogens is 1. The Morgan fingerprint density at radius 2 is 1.50 bits per heavy atom. The number of carbonyl (C=O) groups excluding carboxylic acids is 2. The molecular weight excluding hydrogens is 430 g/mol. The van der Waals surface area contributed by atoms with Crippen molar-refractivity contribution in [3.8, 4) is 0 Å². The lowest BCUT2D eigenvalue weighted by Crippen LogP contribution is -2.49. The monoisotopic (exact) mass is 449 g/mol. The van der Waals surface area contributed by atoms with E-state index in [2.05, 4.69) is 0 Å². The summed E-state index contributed by atoms with van der Waals surface area (Å²) in [6.45, 7) is 1.68. The fourth-order valence-corrected chi connectivity index (χ4v) is 4.01. The van der Waals surface area contributed by atoms with E-state index in [1.807, 2.05) is 4.90 Å². The first-order valence-electron chi connectivity index (χ1n) is 10.1. The van der Waals surface area contributed by atoms with Gasteiger partial charge in [0.05, 0.1) is 15.5 Å². The molecule has 0 N–H and O–H groups in total. The minimum atomic E-state index is -0.474. The highest BCUT2D eigenvalue weighted by Crippen LogP contribution is 2.31. The fourth-order valence-electron chi connectivity index (χ4n) is 3.79. The molecule has 3 aromatic rings. The van der Waals surface area contributed by atoms with Gasteiger partial charge < -0.3 is 9.80 Å². The highest BCUT2D eigenvalue weighted by Gasteiger charge is 2.28. The molecule has 0 aliphatic carbocycles. The summed E-state index contributed by atoms with van der Waals surface area (Å²) in [5.74, 6) is -0.427. The number of nitrogens with zero attached hydrogens (tertiary/aromatic N) is 3. The summed E-state index contributed by atoms with van der Waals surface area (Å²) in [6.07, 6.45) is 0. The molecule has 1 amide bonds. The maximum atomic E-state index is 12.8. The van der Waals surface area contributed by atoms with Gasteiger partial charge in [0.1, 0.15) is 5.69 Å². The number of anilines is 1. The molecule has 162 valence electrons. The number of nitro benzene ring substituents is 1. The van der Waals surface area contributed by atoms with Gasteiger partial charge in [0.15, 0.2) is 5.78 Å². The first kappa shape index (κ1) is 21.5. The molecule has 1 fully saturated rings. The number of hydrogen-bond donors (Lipinski definition) is 0. The minimum Gasteiger partial charge on any atom is -0.362 e. The number of amides is 1. The van der Waals surface area contributed by atoms with E-state index in [0.717, 1.165) is 0 Å². The Morgan fingerprint density at radius 3 is 2.16 bits per heavy atom. The van der Waals surface area contributed by atoms with Crippen LogP contribution in [0.3, 0.4) is 0 Å². The van der Waals surface area contributed by atoms with Gasteiger partial charge in [0, 0.05) is 43.4 Å². The van der Waals surface area contributed by atoms with Crippen LogP contribution in [0.1, 0.15) is 26.3 Å². The van der Waals surface area contributed by atoms with Crippen molar-refractivity contribution in [2.24, 2.45) is 0 Å². The van der Waals surface area contributed by atoms with E-state index in [9.17, 15) is 19.7 Å². The minimum absolute atomic E-state index is 0.127. The topological polar surface area (TPSA) is 83.8 Å². The van der Waals surface area contributed by atoms with Gasteiger partial charge in [-0.05, 0) is 24.3 Å². The molecule has 0 atom stereocenters. The van der Waals surface area contributed by atoms with Crippen LogP contribution in [0, 0.1) is 10.1 Å². The maximum Gasteiger partial charge on any atom is 0.293 e. The molecule has 1 aliphatic rings. The van der Waals surface area contributed by atoms with Crippen molar-refractivity contribution in [1.82, 2.24) is 4.90 Å². The molecular formula is C24H20ClN3O4. The number of carbonyl (C=O) groups is 2. The van der Waals surface area contributed by atoms with Crippen LogP contribution in [-0.2, 0) is 0 Å². The number of rotatable bonds is 5. The molecule has 3 aromatic carbocycles. The third kappa shape index (κ3) is 4.33. The average Bonchev–Trinajstić information content (AvgIpc) is 2.83. The summed E-state index contributed by atoms with van der Waals surface area (Å²) >= 11 is 6.14. The molecule has 1 saturated heterocycles. The highest BCUT2D eigenvalue weighted by atomic mass is 35.5. The van der Waals surface area contributed by atoms with Gasteiger partial charge >= 0.3 is 0 Å². The second kappa shape index (κ2) is 9.20. The van der Waals surface area contributed by atoms with Gasteiger partial charge in [-0.3, -0.25) is 19.7 Å². The molecule has 4 rings (SSSR count). The van der Waals surface area contributed by atoms with E-state index >= 15 is 0 Å². The van der Waals surface area contributed by atoms with Crippen molar-refractivity contribution in [3.63, 3.8) is 0 Å². The average molecular weight is 450 g/mol. The van der Waals surface area contributed by atoms with Crippen molar-refractivity contribution < 1.29 is 14.5 Å². The highest BCUT2D eigenvalue weighted by molar-refractivity contribution is 6.33. The van der Waals surface area contributed by atoms with Gasteiger partial charge in [0.25, 0.3) is 11.6 Å². The van der Waals surface area contributed by atoms with E-state index < -0.39 is 4.92 Å². The van der Waals surface area contributed by atoms with E-state index in [0.29, 0.717) is 48.0 Å². The number of piperazine rings is 1. The second-order valence-corrected chi connectivity index (χ2v) is 7.82. The van der Waals surface area contributed by atoms with Crippen molar-refractivity contribution >= 4 is 34.7 Å². The Hall–Kier alpha value is -3.71.